The van der Waals surface area contributed by atoms with Crippen molar-refractivity contribution in [1.82, 2.24) is 0 Å². The third-order valence-electron chi connectivity index (χ3n) is 2.25. The molecule has 0 saturated carbocycles. The van der Waals surface area contributed by atoms with E-state index in [1.807, 2.05) is 38.1 Å². The summed E-state index contributed by atoms with van der Waals surface area (Å²) in [5.41, 5.74) is 0.762. The second-order valence-corrected chi connectivity index (χ2v) is 4.87. The van der Waals surface area contributed by atoms with E-state index < -0.39 is 5.97 Å². The second kappa shape index (κ2) is 6.45. The van der Waals surface area contributed by atoms with Gasteiger partial charge in [-0.3, -0.25) is 0 Å². The molecule has 4 heteroatoms. The molecule has 1 aromatic rings. The summed E-state index contributed by atoms with van der Waals surface area (Å²) < 4.78 is 6.48. The predicted molar refractivity (Wildman–Crippen MR) is 70.2 cm³/mol. The summed E-state index contributed by atoms with van der Waals surface area (Å²) in [4.78, 5) is 10.6. The molecule has 0 aromatic heterocycles. The molecular formula is C13H15BrO3. The van der Waals surface area contributed by atoms with E-state index >= 15 is 0 Å². The maximum atomic E-state index is 10.6. The van der Waals surface area contributed by atoms with Crippen molar-refractivity contribution in [3.63, 3.8) is 0 Å². The number of rotatable bonds is 5. The number of aliphatic carboxylic acids is 1. The zero-order chi connectivity index (χ0) is 12.8. The van der Waals surface area contributed by atoms with Gasteiger partial charge in [0, 0.05) is 10.5 Å². The van der Waals surface area contributed by atoms with E-state index in [0.717, 1.165) is 15.8 Å². The first-order chi connectivity index (χ1) is 7.99. The molecule has 0 aliphatic heterocycles. The fourth-order valence-electron chi connectivity index (χ4n) is 1.26. The Kier molecular flexibility index (Phi) is 5.22. The molecule has 0 radical (unpaired) electrons. The highest BCUT2D eigenvalue weighted by Crippen LogP contribution is 2.19. The fourth-order valence-corrected chi connectivity index (χ4v) is 1.64. The van der Waals surface area contributed by atoms with Crippen LogP contribution in [-0.2, 0) is 4.79 Å². The van der Waals surface area contributed by atoms with Gasteiger partial charge in [-0.15, -0.1) is 0 Å². The van der Waals surface area contributed by atoms with Crippen LogP contribution in [0.1, 0.15) is 13.8 Å². The predicted octanol–water partition coefficient (Wildman–Crippen LogP) is 3.49. The topological polar surface area (TPSA) is 46.5 Å². The first-order valence-corrected chi connectivity index (χ1v) is 6.10. The van der Waals surface area contributed by atoms with Gasteiger partial charge in [-0.25, -0.2) is 4.79 Å². The van der Waals surface area contributed by atoms with Crippen LogP contribution in [0.4, 0.5) is 0 Å². The Morgan fingerprint density at radius 1 is 1.53 bits per heavy atom. The van der Waals surface area contributed by atoms with Crippen LogP contribution in [0.25, 0.3) is 0 Å². The van der Waals surface area contributed by atoms with E-state index in [0.29, 0.717) is 6.61 Å². The van der Waals surface area contributed by atoms with Gasteiger partial charge in [0.25, 0.3) is 0 Å². The molecule has 0 aliphatic carbocycles. The molecule has 0 fully saturated rings. The van der Waals surface area contributed by atoms with Gasteiger partial charge >= 0.3 is 5.97 Å². The van der Waals surface area contributed by atoms with Gasteiger partial charge in [-0.05, 0) is 29.7 Å². The number of carbonyl (C=O) groups is 1. The quantitative estimate of drug-likeness (QED) is 0.847. The van der Waals surface area contributed by atoms with Crippen LogP contribution in [0.2, 0.25) is 0 Å². The first kappa shape index (κ1) is 13.8. The molecular weight excluding hydrogens is 284 g/mol. The fraction of sp³-hybridized carbons (Fsp3) is 0.308. The van der Waals surface area contributed by atoms with E-state index in [2.05, 4.69) is 15.9 Å². The van der Waals surface area contributed by atoms with Crippen LogP contribution in [0, 0.1) is 5.92 Å². The van der Waals surface area contributed by atoms with Gasteiger partial charge in [0.2, 0.25) is 0 Å². The summed E-state index contributed by atoms with van der Waals surface area (Å²) in [6, 6.07) is 7.46. The summed E-state index contributed by atoms with van der Waals surface area (Å²) in [6.45, 7) is 4.18. The minimum atomic E-state index is -0.938. The number of hydrogen-bond acceptors (Lipinski definition) is 2. The second-order valence-electron chi connectivity index (χ2n) is 3.96. The Labute approximate surface area is 109 Å². The lowest BCUT2D eigenvalue weighted by molar-refractivity contribution is -0.131. The molecule has 0 bridgehead atoms. The van der Waals surface area contributed by atoms with Crippen LogP contribution in [0.3, 0.4) is 0 Å². The number of halogens is 1. The van der Waals surface area contributed by atoms with Crippen LogP contribution in [0.5, 0.6) is 5.75 Å². The molecule has 0 spiro atoms. The highest BCUT2D eigenvalue weighted by molar-refractivity contribution is 9.10. The lowest BCUT2D eigenvalue weighted by Crippen LogP contribution is -2.09. The van der Waals surface area contributed by atoms with Crippen molar-refractivity contribution in [2.75, 3.05) is 6.61 Å². The monoisotopic (exact) mass is 298 g/mol. The molecule has 17 heavy (non-hydrogen) atoms. The van der Waals surface area contributed by atoms with Gasteiger partial charge < -0.3 is 9.84 Å². The highest BCUT2D eigenvalue weighted by Gasteiger charge is 2.07. The van der Waals surface area contributed by atoms with Crippen molar-refractivity contribution >= 4 is 21.9 Å². The molecule has 0 heterocycles. The Hall–Kier alpha value is -1.29. The summed E-state index contributed by atoms with van der Waals surface area (Å²) in [5, 5.41) is 8.73. The van der Waals surface area contributed by atoms with Crippen molar-refractivity contribution in [3.05, 3.63) is 40.4 Å². The highest BCUT2D eigenvalue weighted by atomic mass is 79.9. The van der Waals surface area contributed by atoms with Crippen molar-refractivity contribution in [2.45, 2.75) is 13.8 Å². The molecule has 0 saturated heterocycles. The summed E-state index contributed by atoms with van der Waals surface area (Å²) in [5.74, 6) is -0.0684. The number of ether oxygens (including phenoxy) is 1. The molecule has 0 atom stereocenters. The van der Waals surface area contributed by atoms with Gasteiger partial charge in [0.15, 0.2) is 0 Å². The first-order valence-electron chi connectivity index (χ1n) is 5.31. The summed E-state index contributed by atoms with van der Waals surface area (Å²) in [6.07, 6.45) is 1.21. The molecule has 1 aromatic carbocycles. The molecule has 1 rings (SSSR count). The van der Waals surface area contributed by atoms with Gasteiger partial charge in [0.1, 0.15) is 12.4 Å². The Morgan fingerprint density at radius 3 is 2.76 bits per heavy atom. The smallest absolute Gasteiger partial charge is 0.328 e. The van der Waals surface area contributed by atoms with Crippen LogP contribution < -0.4 is 4.74 Å². The zero-order valence-corrected chi connectivity index (χ0v) is 11.4. The van der Waals surface area contributed by atoms with Crippen LogP contribution in [-0.4, -0.2) is 17.7 Å². The normalized spacial score (nSPS) is 11.6. The average Bonchev–Trinajstić information content (AvgIpc) is 2.23. The van der Waals surface area contributed by atoms with Crippen LogP contribution >= 0.6 is 15.9 Å². The average molecular weight is 299 g/mol. The molecule has 0 amide bonds. The van der Waals surface area contributed by atoms with Crippen molar-refractivity contribution in [2.24, 2.45) is 5.92 Å². The Balaban J connectivity index is 2.68. The summed E-state index contributed by atoms with van der Waals surface area (Å²) in [7, 11) is 0. The van der Waals surface area contributed by atoms with Crippen molar-refractivity contribution < 1.29 is 14.6 Å². The van der Waals surface area contributed by atoms with Crippen molar-refractivity contribution in [3.8, 4) is 5.75 Å². The third-order valence-corrected chi connectivity index (χ3v) is 2.75. The number of benzene rings is 1. The molecule has 0 aliphatic rings. The maximum Gasteiger partial charge on any atom is 0.328 e. The molecule has 92 valence electrons. The number of carboxylic acid groups (broad SMARTS) is 1. The van der Waals surface area contributed by atoms with Gasteiger partial charge in [-0.1, -0.05) is 35.8 Å². The minimum Gasteiger partial charge on any atom is -0.489 e. The van der Waals surface area contributed by atoms with Crippen LogP contribution in [0.15, 0.2) is 40.4 Å². The standard InChI is InChI=1S/C13H15BrO3/c1-9(2)10(6-13(15)16)8-17-12-5-3-4-11(14)7-12/h3-7,9H,8H2,1-2H3,(H,15,16)/b10-6-. The lowest BCUT2D eigenvalue weighted by atomic mass is 10.0. The summed E-state index contributed by atoms with van der Waals surface area (Å²) >= 11 is 3.35. The zero-order valence-electron chi connectivity index (χ0n) is 9.81. The van der Waals surface area contributed by atoms with E-state index in [-0.39, 0.29) is 5.92 Å². The molecule has 3 nitrogen and oxygen atoms in total. The minimum absolute atomic E-state index is 0.151. The van der Waals surface area contributed by atoms with Gasteiger partial charge in [0.05, 0.1) is 0 Å². The van der Waals surface area contributed by atoms with E-state index in [9.17, 15) is 4.79 Å². The number of carboxylic acids is 1. The Morgan fingerprint density at radius 2 is 2.24 bits per heavy atom. The van der Waals surface area contributed by atoms with Crippen molar-refractivity contribution in [1.29, 1.82) is 0 Å². The maximum absolute atomic E-state index is 10.6. The Bertz CT molecular complexity index is 424. The lowest BCUT2D eigenvalue weighted by Gasteiger charge is -2.12. The molecule has 0 unspecified atom stereocenters. The largest absolute Gasteiger partial charge is 0.489 e. The van der Waals surface area contributed by atoms with E-state index in [1.165, 1.54) is 6.08 Å². The van der Waals surface area contributed by atoms with E-state index in [4.69, 9.17) is 9.84 Å². The molecule has 1 N–H and O–H groups in total. The number of hydrogen-bond donors (Lipinski definition) is 1. The van der Waals surface area contributed by atoms with Gasteiger partial charge in [-0.2, -0.15) is 0 Å². The van der Waals surface area contributed by atoms with E-state index in [1.54, 1.807) is 0 Å². The third kappa shape index (κ3) is 5.04. The SMILES string of the molecule is CC(C)/C(=C\C(=O)O)COc1cccc(Br)c1.